The largest absolute Gasteiger partial charge is 0.379 e. The van der Waals surface area contributed by atoms with Crippen molar-refractivity contribution >= 4 is 5.84 Å². The van der Waals surface area contributed by atoms with E-state index in [4.69, 9.17) is 9.73 Å². The molecule has 0 aromatic rings. The van der Waals surface area contributed by atoms with Crippen molar-refractivity contribution in [1.82, 2.24) is 14.7 Å². The number of aliphatic imine (C=N–C) groups is 1. The summed E-state index contributed by atoms with van der Waals surface area (Å²) in [5.74, 6) is -0.0565. The number of morpholine rings is 1. The van der Waals surface area contributed by atoms with Gasteiger partial charge in [0.25, 0.3) is 0 Å². The van der Waals surface area contributed by atoms with Gasteiger partial charge in [-0.05, 0) is 51.7 Å². The zero-order valence-corrected chi connectivity index (χ0v) is 17.1. The second-order valence-electron chi connectivity index (χ2n) is 8.05. The highest BCUT2D eigenvalue weighted by molar-refractivity contribution is 5.89. The minimum atomic E-state index is -0.755. The standard InChI is InChI=1S/C21H34N6O/c22-17-19(18-23)21(24-7-4-10-25-8-2-1-3-9-25)27-11-5-20(6-12-27)26-13-15-28-16-14-26/h19-20H,1-16H2. The van der Waals surface area contributed by atoms with Gasteiger partial charge in [0.05, 0.1) is 25.4 Å². The summed E-state index contributed by atoms with van der Waals surface area (Å²) in [4.78, 5) is 12.0. The number of ether oxygens (including phenoxy) is 1. The van der Waals surface area contributed by atoms with Gasteiger partial charge >= 0.3 is 0 Å². The Morgan fingerprint density at radius 3 is 2.29 bits per heavy atom. The van der Waals surface area contributed by atoms with Gasteiger partial charge in [-0.25, -0.2) is 0 Å². The molecule has 0 spiro atoms. The van der Waals surface area contributed by atoms with Gasteiger partial charge in [0.2, 0.25) is 0 Å². The molecule has 3 aliphatic heterocycles. The molecule has 0 bridgehead atoms. The molecule has 3 rings (SSSR count). The summed E-state index contributed by atoms with van der Waals surface area (Å²) in [7, 11) is 0. The molecule has 0 atom stereocenters. The lowest BCUT2D eigenvalue weighted by atomic mass is 10.0. The molecule has 0 radical (unpaired) electrons. The summed E-state index contributed by atoms with van der Waals surface area (Å²) in [6.07, 6.45) is 7.09. The lowest BCUT2D eigenvalue weighted by Crippen LogP contribution is -2.51. The van der Waals surface area contributed by atoms with Crippen molar-refractivity contribution in [1.29, 1.82) is 10.5 Å². The Hall–Kier alpha value is -1.67. The topological polar surface area (TPSA) is 78.9 Å². The van der Waals surface area contributed by atoms with E-state index >= 15 is 0 Å². The first-order chi connectivity index (χ1) is 13.8. The smallest absolute Gasteiger partial charge is 0.189 e. The van der Waals surface area contributed by atoms with E-state index in [0.29, 0.717) is 18.4 Å². The van der Waals surface area contributed by atoms with Crippen LogP contribution in [0.4, 0.5) is 0 Å². The Balaban J connectivity index is 1.51. The van der Waals surface area contributed by atoms with Crippen molar-refractivity contribution in [3.8, 4) is 12.1 Å². The molecule has 3 fully saturated rings. The maximum Gasteiger partial charge on any atom is 0.189 e. The third-order valence-electron chi connectivity index (χ3n) is 6.22. The maximum atomic E-state index is 9.43. The van der Waals surface area contributed by atoms with Gasteiger partial charge in [-0.1, -0.05) is 6.42 Å². The minimum Gasteiger partial charge on any atom is -0.379 e. The Kier molecular flexibility index (Phi) is 8.54. The van der Waals surface area contributed by atoms with E-state index in [1.54, 1.807) is 0 Å². The van der Waals surface area contributed by atoms with Crippen LogP contribution < -0.4 is 0 Å². The predicted molar refractivity (Wildman–Crippen MR) is 109 cm³/mol. The number of amidine groups is 1. The van der Waals surface area contributed by atoms with Gasteiger partial charge in [-0.15, -0.1) is 0 Å². The van der Waals surface area contributed by atoms with E-state index in [-0.39, 0.29) is 0 Å². The molecule has 7 nitrogen and oxygen atoms in total. The molecule has 0 aromatic heterocycles. The van der Waals surface area contributed by atoms with Crippen LogP contribution >= 0.6 is 0 Å². The van der Waals surface area contributed by atoms with Crippen molar-refractivity contribution in [2.75, 3.05) is 65.6 Å². The summed E-state index contributed by atoms with van der Waals surface area (Å²) in [6.45, 7) is 9.62. The Morgan fingerprint density at radius 2 is 1.64 bits per heavy atom. The van der Waals surface area contributed by atoms with Crippen molar-refractivity contribution in [2.24, 2.45) is 10.9 Å². The highest BCUT2D eigenvalue weighted by atomic mass is 16.5. The fourth-order valence-electron chi connectivity index (χ4n) is 4.59. The molecule has 3 saturated heterocycles. The molecule has 0 saturated carbocycles. The van der Waals surface area contributed by atoms with Gasteiger partial charge in [0.1, 0.15) is 5.84 Å². The molecule has 0 aliphatic carbocycles. The SMILES string of the molecule is N#CC(C#N)C(=NCCCN1CCCCC1)N1CCC(N2CCOCC2)CC1. The highest BCUT2D eigenvalue weighted by Gasteiger charge is 2.29. The highest BCUT2D eigenvalue weighted by Crippen LogP contribution is 2.20. The lowest BCUT2D eigenvalue weighted by molar-refractivity contribution is 0.00526. The third-order valence-corrected chi connectivity index (χ3v) is 6.22. The van der Waals surface area contributed by atoms with Crippen LogP contribution in [0.1, 0.15) is 38.5 Å². The van der Waals surface area contributed by atoms with Crippen LogP contribution in [0.25, 0.3) is 0 Å². The second-order valence-corrected chi connectivity index (χ2v) is 8.05. The van der Waals surface area contributed by atoms with Crippen LogP contribution in [0.2, 0.25) is 0 Å². The zero-order valence-electron chi connectivity index (χ0n) is 17.1. The quantitative estimate of drug-likeness (QED) is 0.393. The van der Waals surface area contributed by atoms with Crippen LogP contribution in [0.5, 0.6) is 0 Å². The Bertz CT molecular complexity index is 561. The van der Waals surface area contributed by atoms with Crippen molar-refractivity contribution < 1.29 is 4.74 Å². The molecule has 0 unspecified atom stereocenters. The van der Waals surface area contributed by atoms with Crippen LogP contribution in [-0.4, -0.2) is 92.1 Å². The molecule has 0 amide bonds. The molecular weight excluding hydrogens is 352 g/mol. The molecule has 0 aromatic carbocycles. The fraction of sp³-hybridized carbons (Fsp3) is 0.857. The van der Waals surface area contributed by atoms with Gasteiger partial charge in [-0.2, -0.15) is 10.5 Å². The maximum absolute atomic E-state index is 9.43. The third kappa shape index (κ3) is 5.91. The van der Waals surface area contributed by atoms with Crippen LogP contribution in [0.3, 0.4) is 0 Å². The van der Waals surface area contributed by atoms with E-state index in [9.17, 15) is 10.5 Å². The number of nitrogens with zero attached hydrogens (tertiary/aromatic N) is 6. The number of hydrogen-bond donors (Lipinski definition) is 0. The molecule has 3 heterocycles. The summed E-state index contributed by atoms with van der Waals surface area (Å²) in [6, 6.07) is 4.87. The Morgan fingerprint density at radius 1 is 0.964 bits per heavy atom. The van der Waals surface area contributed by atoms with E-state index in [1.807, 2.05) is 0 Å². The number of rotatable bonds is 6. The molecule has 0 N–H and O–H groups in total. The first kappa shape index (κ1) is 21.0. The van der Waals surface area contributed by atoms with Crippen LogP contribution in [0, 0.1) is 28.6 Å². The van der Waals surface area contributed by atoms with Crippen LogP contribution in [-0.2, 0) is 4.74 Å². The number of nitriles is 2. The number of hydrogen-bond acceptors (Lipinski definition) is 6. The van der Waals surface area contributed by atoms with E-state index < -0.39 is 5.92 Å². The van der Waals surface area contributed by atoms with E-state index in [0.717, 1.165) is 65.2 Å². The predicted octanol–water partition coefficient (Wildman–Crippen LogP) is 1.72. The average Bonchev–Trinajstić information content (AvgIpc) is 2.77. The van der Waals surface area contributed by atoms with Crippen LogP contribution in [0.15, 0.2) is 4.99 Å². The van der Waals surface area contributed by atoms with Gasteiger partial charge in [0.15, 0.2) is 5.92 Å². The van der Waals surface area contributed by atoms with E-state index in [2.05, 4.69) is 26.8 Å². The summed E-state index contributed by atoms with van der Waals surface area (Å²) in [5, 5.41) is 18.9. The van der Waals surface area contributed by atoms with Gasteiger partial charge in [-0.3, -0.25) is 9.89 Å². The first-order valence-corrected chi connectivity index (χ1v) is 10.9. The number of piperidine rings is 2. The Labute approximate surface area is 169 Å². The van der Waals surface area contributed by atoms with Crippen molar-refractivity contribution in [2.45, 2.75) is 44.6 Å². The average molecular weight is 387 g/mol. The second kappa shape index (κ2) is 11.4. The summed E-state index contributed by atoms with van der Waals surface area (Å²) >= 11 is 0. The van der Waals surface area contributed by atoms with Gasteiger partial charge in [0, 0.05) is 38.8 Å². The normalized spacial score (nSPS) is 23.5. The molecule has 3 aliphatic rings. The summed E-state index contributed by atoms with van der Waals surface area (Å²) in [5.41, 5.74) is 0. The molecule has 154 valence electrons. The molecule has 28 heavy (non-hydrogen) atoms. The molecule has 7 heteroatoms. The summed E-state index contributed by atoms with van der Waals surface area (Å²) < 4.78 is 5.46. The van der Waals surface area contributed by atoms with Crippen molar-refractivity contribution in [3.05, 3.63) is 0 Å². The fourth-order valence-corrected chi connectivity index (χ4v) is 4.59. The molecular formula is C21H34N6O. The lowest BCUT2D eigenvalue weighted by Gasteiger charge is -2.41. The zero-order chi connectivity index (χ0) is 19.6. The monoisotopic (exact) mass is 386 g/mol. The number of likely N-dealkylation sites (tertiary alicyclic amines) is 2. The van der Waals surface area contributed by atoms with Crippen molar-refractivity contribution in [3.63, 3.8) is 0 Å². The van der Waals surface area contributed by atoms with Gasteiger partial charge < -0.3 is 14.5 Å². The first-order valence-electron chi connectivity index (χ1n) is 10.9. The van der Waals surface area contributed by atoms with E-state index in [1.165, 1.54) is 32.4 Å². The minimum absolute atomic E-state index is 0.586.